The Kier molecular flexibility index (Phi) is 17.3. The summed E-state index contributed by atoms with van der Waals surface area (Å²) < 4.78 is 13.3. The standard InChI is InChI=1S/C30H64O4P2/c1-9-17-23-35(15-7,24-18-10-2,25-19-11-3)33-29(31)30(32)34-36(16-8,26-20-12-4,27-21-13-5)28-22-14-6/h9-28H2,1-8H3. The molecule has 0 aliphatic carbocycles. The van der Waals surface area contributed by atoms with Crippen LogP contribution < -0.4 is 0 Å². The van der Waals surface area contributed by atoms with Crippen LogP contribution in [0.3, 0.4) is 0 Å². The van der Waals surface area contributed by atoms with Gasteiger partial charge >= 0.3 is 226 Å². The Morgan fingerprint density at radius 3 is 0.750 bits per heavy atom. The molecule has 0 aromatic rings. The van der Waals surface area contributed by atoms with Crippen LogP contribution in [0.1, 0.15) is 132 Å². The first kappa shape index (κ1) is 35.8. The Labute approximate surface area is 225 Å². The Morgan fingerprint density at radius 1 is 0.417 bits per heavy atom. The molecule has 0 fully saturated rings. The molecule has 0 radical (unpaired) electrons. The van der Waals surface area contributed by atoms with Gasteiger partial charge in [-0.3, -0.25) is 0 Å². The quantitative estimate of drug-likeness (QED) is 0.0994. The van der Waals surface area contributed by atoms with Gasteiger partial charge in [0.1, 0.15) is 0 Å². The van der Waals surface area contributed by atoms with E-state index in [0.29, 0.717) is 0 Å². The number of unbranched alkanes of at least 4 members (excludes halogenated alkanes) is 6. The van der Waals surface area contributed by atoms with Gasteiger partial charge in [0.2, 0.25) is 0 Å². The molecule has 0 aliphatic heterocycles. The first-order valence-corrected chi connectivity index (χ1v) is 21.4. The molecule has 0 unspecified atom stereocenters. The van der Waals surface area contributed by atoms with Crippen LogP contribution in [0.2, 0.25) is 0 Å². The minimum absolute atomic E-state index is 0.676. The van der Waals surface area contributed by atoms with E-state index in [0.717, 1.165) is 126 Å². The molecule has 0 aromatic heterocycles. The van der Waals surface area contributed by atoms with Crippen molar-refractivity contribution in [1.82, 2.24) is 0 Å². The molecule has 6 heteroatoms. The van der Waals surface area contributed by atoms with Gasteiger partial charge in [-0.15, -0.1) is 0 Å². The maximum atomic E-state index is 13.7. The normalized spacial score (nSPS) is 14.4. The summed E-state index contributed by atoms with van der Waals surface area (Å²) in [6, 6.07) is 0. The molecule has 0 atom stereocenters. The van der Waals surface area contributed by atoms with E-state index in [-0.39, 0.29) is 0 Å². The number of rotatable bonds is 22. The van der Waals surface area contributed by atoms with Crippen LogP contribution >= 0.6 is 13.7 Å². The van der Waals surface area contributed by atoms with E-state index in [1.54, 1.807) is 0 Å². The van der Waals surface area contributed by atoms with Crippen molar-refractivity contribution in [1.29, 1.82) is 0 Å². The summed E-state index contributed by atoms with van der Waals surface area (Å²) in [5.74, 6) is -1.35. The van der Waals surface area contributed by atoms with E-state index >= 15 is 0 Å². The third-order valence-corrected chi connectivity index (χ3v) is 22.2. The minimum atomic E-state index is -2.83. The SMILES string of the molecule is CCCCP(CC)(CCCC)(CCCC)OC(=O)C(=O)OP(CC)(CCCC)(CCCC)CCCC. The third kappa shape index (κ3) is 10.2. The van der Waals surface area contributed by atoms with Gasteiger partial charge in [0, 0.05) is 0 Å². The van der Waals surface area contributed by atoms with Crippen LogP contribution in [0.15, 0.2) is 0 Å². The Hall–Kier alpha value is -0.200. The molecule has 0 bridgehead atoms. The second-order valence-corrected chi connectivity index (χ2v) is 23.3. The summed E-state index contributed by atoms with van der Waals surface area (Å²) in [5, 5.41) is 0. The monoisotopic (exact) mass is 550 g/mol. The molecule has 4 nitrogen and oxygen atoms in total. The van der Waals surface area contributed by atoms with Gasteiger partial charge in [-0.25, -0.2) is 0 Å². The molecule has 0 saturated heterocycles. The van der Waals surface area contributed by atoms with Crippen molar-refractivity contribution in [2.45, 2.75) is 132 Å². The molecule has 0 N–H and O–H groups in total. The van der Waals surface area contributed by atoms with Crippen molar-refractivity contribution >= 4 is 25.6 Å². The first-order chi connectivity index (χ1) is 17.1. The van der Waals surface area contributed by atoms with Crippen molar-refractivity contribution in [3.8, 4) is 0 Å². The average molecular weight is 551 g/mol. The van der Waals surface area contributed by atoms with Crippen molar-refractivity contribution in [2.75, 3.05) is 49.3 Å². The molecule has 0 amide bonds. The molecule has 0 aliphatic rings. The second-order valence-electron chi connectivity index (χ2n) is 11.6. The van der Waals surface area contributed by atoms with Gasteiger partial charge in [0.15, 0.2) is 0 Å². The van der Waals surface area contributed by atoms with E-state index < -0.39 is 25.6 Å². The van der Waals surface area contributed by atoms with Crippen LogP contribution in [0.4, 0.5) is 0 Å². The molecule has 0 rings (SSSR count). The Morgan fingerprint density at radius 2 is 0.611 bits per heavy atom. The number of hydrogen-bond donors (Lipinski definition) is 0. The second kappa shape index (κ2) is 17.4. The van der Waals surface area contributed by atoms with Gasteiger partial charge in [0.05, 0.1) is 0 Å². The van der Waals surface area contributed by atoms with E-state index in [4.69, 9.17) is 9.05 Å². The zero-order valence-electron chi connectivity index (χ0n) is 25.7. The summed E-state index contributed by atoms with van der Waals surface area (Å²) in [6.45, 7) is 12.0. The third-order valence-electron chi connectivity index (χ3n) is 8.91. The van der Waals surface area contributed by atoms with Crippen molar-refractivity contribution in [3.05, 3.63) is 0 Å². The Balaban J connectivity index is 6.35. The van der Waals surface area contributed by atoms with E-state index in [1.807, 2.05) is 0 Å². The van der Waals surface area contributed by atoms with Crippen LogP contribution in [0.5, 0.6) is 0 Å². The predicted molar refractivity (Wildman–Crippen MR) is 166 cm³/mol. The fraction of sp³-hybridized carbons (Fsp3) is 0.933. The number of carbonyl (C=O) groups excluding carboxylic acids is 2. The van der Waals surface area contributed by atoms with Gasteiger partial charge in [-0.2, -0.15) is 0 Å². The maximum absolute atomic E-state index is 13.7. The van der Waals surface area contributed by atoms with Gasteiger partial charge in [0.25, 0.3) is 0 Å². The van der Waals surface area contributed by atoms with E-state index in [1.165, 1.54) is 0 Å². The molecule has 36 heavy (non-hydrogen) atoms. The molecule has 0 saturated carbocycles. The molecular weight excluding hydrogens is 486 g/mol. The van der Waals surface area contributed by atoms with E-state index in [2.05, 4.69) is 55.4 Å². The number of hydrogen-bond acceptors (Lipinski definition) is 4. The zero-order chi connectivity index (χ0) is 27.6. The molecule has 0 aromatic carbocycles. The predicted octanol–water partition coefficient (Wildman–Crippen LogP) is 9.85. The molecule has 218 valence electrons. The fourth-order valence-electron chi connectivity index (χ4n) is 5.91. The molecule has 0 spiro atoms. The van der Waals surface area contributed by atoms with Crippen molar-refractivity contribution in [3.63, 3.8) is 0 Å². The van der Waals surface area contributed by atoms with Crippen LogP contribution in [-0.4, -0.2) is 61.2 Å². The Bertz CT molecular complexity index is 531. The molecule has 0 heterocycles. The average Bonchev–Trinajstić information content (AvgIpc) is 2.90. The first-order valence-electron chi connectivity index (χ1n) is 15.6. The van der Waals surface area contributed by atoms with E-state index in [9.17, 15) is 9.59 Å². The summed E-state index contributed by atoms with van der Waals surface area (Å²) in [5.41, 5.74) is 0. The summed E-state index contributed by atoms with van der Waals surface area (Å²) >= 11 is 0. The summed E-state index contributed by atoms with van der Waals surface area (Å²) in [4.78, 5) is 27.5. The zero-order valence-corrected chi connectivity index (χ0v) is 27.5. The van der Waals surface area contributed by atoms with Crippen LogP contribution in [0, 0.1) is 0 Å². The topological polar surface area (TPSA) is 52.6 Å². The van der Waals surface area contributed by atoms with Gasteiger partial charge < -0.3 is 0 Å². The number of carbonyl (C=O) groups is 2. The fourth-order valence-corrected chi connectivity index (χ4v) is 17.7. The van der Waals surface area contributed by atoms with Gasteiger partial charge in [-0.05, 0) is 0 Å². The van der Waals surface area contributed by atoms with Crippen LogP contribution in [-0.2, 0) is 18.6 Å². The summed E-state index contributed by atoms with van der Waals surface area (Å²) in [7, 11) is 0. The molecular formula is C30H64O4P2. The van der Waals surface area contributed by atoms with Crippen LogP contribution in [0.25, 0.3) is 0 Å². The van der Waals surface area contributed by atoms with Crippen molar-refractivity contribution < 1.29 is 18.6 Å². The van der Waals surface area contributed by atoms with Gasteiger partial charge in [-0.1, -0.05) is 0 Å². The van der Waals surface area contributed by atoms with Crippen molar-refractivity contribution in [2.24, 2.45) is 0 Å². The summed E-state index contributed by atoms with van der Waals surface area (Å²) in [6.07, 6.45) is 20.3.